The van der Waals surface area contributed by atoms with E-state index in [-0.39, 0.29) is 34.7 Å². The number of carbonyl (C=O) groups excluding carboxylic acids is 1. The Kier molecular flexibility index (Phi) is 3.20. The minimum absolute atomic E-state index is 0.109. The van der Waals surface area contributed by atoms with Gasteiger partial charge in [-0.2, -0.15) is 0 Å². The highest BCUT2D eigenvalue weighted by molar-refractivity contribution is 5.94. The van der Waals surface area contributed by atoms with Gasteiger partial charge in [-0.15, -0.1) is 0 Å². The molecule has 1 aromatic heterocycles. The van der Waals surface area contributed by atoms with Gasteiger partial charge in [0.1, 0.15) is 5.69 Å². The lowest BCUT2D eigenvalue weighted by atomic mass is 9.53. The molecule has 1 heterocycles. The maximum atomic E-state index is 12.1. The Hall–Kier alpha value is -1.95. The molecule has 0 bridgehead atoms. The number of aromatic nitrogens is 1. The highest BCUT2D eigenvalue weighted by atomic mass is 16.4. The normalized spacial score (nSPS) is 30.4. The van der Waals surface area contributed by atoms with Crippen molar-refractivity contribution in [1.29, 1.82) is 0 Å². The molecule has 0 unspecified atom stereocenters. The molecule has 1 spiro atoms. The summed E-state index contributed by atoms with van der Waals surface area (Å²) in [5.41, 5.74) is 0.931. The van der Waals surface area contributed by atoms with Gasteiger partial charge < -0.3 is 15.5 Å². The summed E-state index contributed by atoms with van der Waals surface area (Å²) >= 11 is 0. The van der Waals surface area contributed by atoms with Crippen LogP contribution < -0.4 is 5.32 Å². The Labute approximate surface area is 122 Å². The molecule has 2 aliphatic rings. The van der Waals surface area contributed by atoms with Crippen molar-refractivity contribution in [2.24, 2.45) is 5.41 Å². The number of hydrogen-bond acceptors (Lipinski definition) is 4. The van der Waals surface area contributed by atoms with Gasteiger partial charge in [0.25, 0.3) is 5.91 Å². The fourth-order valence-corrected chi connectivity index (χ4v) is 3.53. The minimum atomic E-state index is -1.04. The Balaban J connectivity index is 1.59. The summed E-state index contributed by atoms with van der Waals surface area (Å²) in [7, 11) is 0. The molecule has 0 aromatic carbocycles. The van der Waals surface area contributed by atoms with Gasteiger partial charge in [0.15, 0.2) is 0 Å². The van der Waals surface area contributed by atoms with Crippen LogP contribution in [0.4, 0.5) is 0 Å². The largest absolute Gasteiger partial charge is 0.478 e. The predicted octanol–water partition coefficient (Wildman–Crippen LogP) is 1.12. The van der Waals surface area contributed by atoms with E-state index in [1.165, 1.54) is 12.1 Å². The number of aliphatic hydroxyl groups is 1. The molecule has 6 heteroatoms. The molecular weight excluding hydrogens is 272 g/mol. The van der Waals surface area contributed by atoms with Crippen molar-refractivity contribution >= 4 is 11.9 Å². The van der Waals surface area contributed by atoms with E-state index in [1.54, 1.807) is 6.92 Å². The Morgan fingerprint density at radius 2 is 1.95 bits per heavy atom. The van der Waals surface area contributed by atoms with Crippen molar-refractivity contribution in [1.82, 2.24) is 10.3 Å². The Morgan fingerprint density at radius 3 is 2.48 bits per heavy atom. The molecule has 0 aliphatic heterocycles. The average molecular weight is 290 g/mol. The second-order valence-corrected chi connectivity index (χ2v) is 6.28. The van der Waals surface area contributed by atoms with E-state index in [2.05, 4.69) is 10.3 Å². The number of aryl methyl sites for hydroxylation is 1. The quantitative estimate of drug-likeness (QED) is 0.774. The first kappa shape index (κ1) is 14.0. The van der Waals surface area contributed by atoms with Crippen molar-refractivity contribution in [3.63, 3.8) is 0 Å². The summed E-state index contributed by atoms with van der Waals surface area (Å²) in [5.74, 6) is -1.31. The van der Waals surface area contributed by atoms with Gasteiger partial charge in [-0.05, 0) is 50.2 Å². The second kappa shape index (κ2) is 4.80. The number of aliphatic hydroxyl groups excluding tert-OH is 1. The average Bonchev–Trinajstić information content (AvgIpc) is 2.33. The molecule has 1 amide bonds. The Bertz CT molecular complexity index is 600. The third-order valence-electron chi connectivity index (χ3n) is 4.58. The molecule has 3 rings (SSSR count). The number of carboxylic acids is 1. The zero-order valence-electron chi connectivity index (χ0n) is 11.8. The van der Waals surface area contributed by atoms with E-state index in [9.17, 15) is 14.7 Å². The molecule has 6 nitrogen and oxygen atoms in total. The van der Waals surface area contributed by atoms with Gasteiger partial charge >= 0.3 is 5.97 Å². The van der Waals surface area contributed by atoms with E-state index in [0.29, 0.717) is 5.69 Å². The molecule has 112 valence electrons. The van der Waals surface area contributed by atoms with Crippen LogP contribution in [-0.4, -0.2) is 39.2 Å². The predicted molar refractivity (Wildman–Crippen MR) is 74.1 cm³/mol. The maximum absolute atomic E-state index is 12.1. The highest BCUT2D eigenvalue weighted by Gasteiger charge is 2.52. The zero-order chi connectivity index (χ0) is 15.2. The first-order valence-electron chi connectivity index (χ1n) is 7.08. The number of nitrogens with zero attached hydrogens (tertiary/aromatic N) is 1. The standard InChI is InChI=1S/C15H18N2O4/c1-8-11(14(20)21)2-3-12(16-8)13(19)17-9-4-15(5-9)6-10(18)7-15/h2-3,9-10,18H,4-7H2,1H3,(H,17,19)(H,20,21). The molecular formula is C15H18N2O4. The molecule has 0 atom stereocenters. The van der Waals surface area contributed by atoms with Crippen molar-refractivity contribution < 1.29 is 19.8 Å². The van der Waals surface area contributed by atoms with Gasteiger partial charge in [0.05, 0.1) is 17.4 Å². The Morgan fingerprint density at radius 1 is 1.29 bits per heavy atom. The van der Waals surface area contributed by atoms with Gasteiger partial charge in [-0.1, -0.05) is 0 Å². The van der Waals surface area contributed by atoms with Crippen molar-refractivity contribution in [2.45, 2.75) is 44.8 Å². The molecule has 2 fully saturated rings. The lowest BCUT2D eigenvalue weighted by Gasteiger charge is -2.56. The van der Waals surface area contributed by atoms with E-state index in [4.69, 9.17) is 5.11 Å². The summed E-state index contributed by atoms with van der Waals surface area (Å²) in [6, 6.07) is 2.98. The molecule has 3 N–H and O–H groups in total. The van der Waals surface area contributed by atoms with Crippen LogP contribution in [0.2, 0.25) is 0 Å². The van der Waals surface area contributed by atoms with Gasteiger partial charge in [0, 0.05) is 6.04 Å². The summed E-state index contributed by atoms with van der Waals surface area (Å²) in [6.45, 7) is 1.58. The van der Waals surface area contributed by atoms with Crippen LogP contribution in [0.3, 0.4) is 0 Å². The van der Waals surface area contributed by atoms with Crippen LogP contribution in [0, 0.1) is 12.3 Å². The smallest absolute Gasteiger partial charge is 0.337 e. The van der Waals surface area contributed by atoms with Crippen LogP contribution in [-0.2, 0) is 0 Å². The lowest BCUT2D eigenvalue weighted by Crippen LogP contribution is -2.57. The fourth-order valence-electron chi connectivity index (χ4n) is 3.53. The minimum Gasteiger partial charge on any atom is -0.478 e. The molecule has 0 radical (unpaired) electrons. The first-order valence-corrected chi connectivity index (χ1v) is 7.08. The number of rotatable bonds is 3. The van der Waals surface area contributed by atoms with Crippen molar-refractivity contribution in [3.05, 3.63) is 29.1 Å². The number of hydrogen-bond donors (Lipinski definition) is 3. The number of amides is 1. The molecule has 21 heavy (non-hydrogen) atoms. The molecule has 2 aliphatic carbocycles. The monoisotopic (exact) mass is 290 g/mol. The highest BCUT2D eigenvalue weighted by Crippen LogP contribution is 2.55. The third-order valence-corrected chi connectivity index (χ3v) is 4.58. The van der Waals surface area contributed by atoms with Crippen molar-refractivity contribution in [3.8, 4) is 0 Å². The van der Waals surface area contributed by atoms with E-state index >= 15 is 0 Å². The van der Waals surface area contributed by atoms with Crippen LogP contribution >= 0.6 is 0 Å². The summed E-state index contributed by atoms with van der Waals surface area (Å²) < 4.78 is 0. The molecule has 1 aromatic rings. The number of carbonyl (C=O) groups is 2. The van der Waals surface area contributed by atoms with Crippen LogP contribution in [0.15, 0.2) is 12.1 Å². The second-order valence-electron chi connectivity index (χ2n) is 6.28. The summed E-state index contributed by atoms with van der Waals surface area (Å²) in [6.07, 6.45) is 3.31. The molecule has 0 saturated heterocycles. The SMILES string of the molecule is Cc1nc(C(=O)NC2CC3(CC(O)C3)C2)ccc1C(=O)O. The van der Waals surface area contributed by atoms with Gasteiger partial charge in [0.2, 0.25) is 0 Å². The third kappa shape index (κ3) is 2.51. The van der Waals surface area contributed by atoms with Crippen molar-refractivity contribution in [2.75, 3.05) is 0 Å². The van der Waals surface area contributed by atoms with Gasteiger partial charge in [-0.25, -0.2) is 9.78 Å². The topological polar surface area (TPSA) is 99.5 Å². The van der Waals surface area contributed by atoms with E-state index < -0.39 is 5.97 Å². The van der Waals surface area contributed by atoms with Crippen LogP contribution in [0.5, 0.6) is 0 Å². The van der Waals surface area contributed by atoms with Crippen LogP contribution in [0.1, 0.15) is 52.2 Å². The number of aromatic carboxylic acids is 1. The lowest BCUT2D eigenvalue weighted by molar-refractivity contribution is -0.0949. The van der Waals surface area contributed by atoms with Crippen LogP contribution in [0.25, 0.3) is 0 Å². The first-order chi connectivity index (χ1) is 9.88. The summed E-state index contributed by atoms with van der Waals surface area (Å²) in [5, 5.41) is 21.2. The number of carboxylic acid groups (broad SMARTS) is 1. The van der Waals surface area contributed by atoms with E-state index in [1.807, 2.05) is 0 Å². The van der Waals surface area contributed by atoms with Gasteiger partial charge in [-0.3, -0.25) is 4.79 Å². The number of pyridine rings is 1. The summed E-state index contributed by atoms with van der Waals surface area (Å²) in [4.78, 5) is 27.1. The molecule has 2 saturated carbocycles. The number of nitrogens with one attached hydrogen (secondary N) is 1. The maximum Gasteiger partial charge on any atom is 0.337 e. The zero-order valence-corrected chi connectivity index (χ0v) is 11.8. The fraction of sp³-hybridized carbons (Fsp3) is 0.533. The van der Waals surface area contributed by atoms with E-state index in [0.717, 1.165) is 25.7 Å².